The standard InChI is InChI=1S/C34H37N3O4/c1-4-26(38)12-6-5-7-13-31(34-35-21-32(41-34)25-15-14-23-10-8-9-11-24(23)18-25)37-33(39)20-28-22(2)36-30-17-16-27(40-3)19-29(28)30/h8-11,14-19,21,31,36H,4-7,12-13,20H2,1-3H3,(H,37,39)/t31-/m0/s1. The number of ketones is 1. The van der Waals surface area contributed by atoms with Crippen molar-refractivity contribution in [3.05, 3.63) is 84.0 Å². The van der Waals surface area contributed by atoms with Crippen molar-refractivity contribution in [3.63, 3.8) is 0 Å². The molecule has 0 aliphatic heterocycles. The lowest BCUT2D eigenvalue weighted by atomic mass is 10.0. The van der Waals surface area contributed by atoms with Gasteiger partial charge in [-0.25, -0.2) is 4.98 Å². The Labute approximate surface area is 240 Å². The van der Waals surface area contributed by atoms with Gasteiger partial charge in [0.05, 0.1) is 19.7 Å². The van der Waals surface area contributed by atoms with E-state index in [1.807, 2.05) is 50.2 Å². The van der Waals surface area contributed by atoms with Crippen LogP contribution in [0.25, 0.3) is 33.0 Å². The molecular weight excluding hydrogens is 514 g/mol. The summed E-state index contributed by atoms with van der Waals surface area (Å²) in [6.07, 6.45) is 6.39. The number of carbonyl (C=O) groups excluding carboxylic acids is 2. The van der Waals surface area contributed by atoms with Crippen LogP contribution in [0.3, 0.4) is 0 Å². The number of nitrogens with zero attached hydrogens (tertiary/aromatic N) is 1. The lowest BCUT2D eigenvalue weighted by Crippen LogP contribution is -2.30. The van der Waals surface area contributed by atoms with Crippen molar-refractivity contribution in [2.45, 2.75) is 64.8 Å². The molecule has 41 heavy (non-hydrogen) atoms. The first-order valence-corrected chi connectivity index (χ1v) is 14.4. The number of nitrogens with one attached hydrogen (secondary N) is 2. The van der Waals surface area contributed by atoms with Gasteiger partial charge in [-0.1, -0.05) is 56.2 Å². The minimum Gasteiger partial charge on any atom is -0.497 e. The second kappa shape index (κ2) is 12.9. The van der Waals surface area contributed by atoms with Crippen LogP contribution in [0.5, 0.6) is 5.75 Å². The highest BCUT2D eigenvalue weighted by Gasteiger charge is 2.22. The number of hydrogen-bond donors (Lipinski definition) is 2. The number of oxazole rings is 1. The fraction of sp³-hybridized carbons (Fsp3) is 0.324. The number of H-pyrrole nitrogens is 1. The third-order valence-electron chi connectivity index (χ3n) is 7.70. The smallest absolute Gasteiger partial charge is 0.225 e. The number of carbonyl (C=O) groups is 2. The molecule has 0 aliphatic rings. The Balaban J connectivity index is 1.34. The maximum absolute atomic E-state index is 13.4. The van der Waals surface area contributed by atoms with Crippen LogP contribution in [-0.2, 0) is 16.0 Å². The molecule has 1 atom stereocenters. The van der Waals surface area contributed by atoms with Crippen LogP contribution in [0.2, 0.25) is 0 Å². The number of rotatable bonds is 13. The van der Waals surface area contributed by atoms with Gasteiger partial charge in [0.1, 0.15) is 17.6 Å². The fourth-order valence-corrected chi connectivity index (χ4v) is 5.33. The van der Waals surface area contributed by atoms with Gasteiger partial charge in [-0.05, 0) is 60.4 Å². The van der Waals surface area contributed by atoms with E-state index in [2.05, 4.69) is 39.6 Å². The Morgan fingerprint density at radius 3 is 2.66 bits per heavy atom. The zero-order valence-corrected chi connectivity index (χ0v) is 24.0. The number of methoxy groups -OCH3 is 1. The van der Waals surface area contributed by atoms with Crippen molar-refractivity contribution in [2.24, 2.45) is 0 Å². The summed E-state index contributed by atoms with van der Waals surface area (Å²) in [5.74, 6) is 2.09. The summed E-state index contributed by atoms with van der Waals surface area (Å²) < 4.78 is 11.7. The first kappa shape index (κ1) is 28.1. The molecule has 0 bridgehead atoms. The van der Waals surface area contributed by atoms with Crippen molar-refractivity contribution in [3.8, 4) is 17.1 Å². The molecule has 2 N–H and O–H groups in total. The highest BCUT2D eigenvalue weighted by molar-refractivity contribution is 5.91. The maximum Gasteiger partial charge on any atom is 0.225 e. The zero-order valence-electron chi connectivity index (χ0n) is 24.0. The second-order valence-corrected chi connectivity index (χ2v) is 10.6. The third kappa shape index (κ3) is 6.68. The summed E-state index contributed by atoms with van der Waals surface area (Å²) >= 11 is 0. The Morgan fingerprint density at radius 1 is 1.02 bits per heavy atom. The molecule has 2 heterocycles. The molecule has 7 nitrogen and oxygen atoms in total. The number of amides is 1. The van der Waals surface area contributed by atoms with Crippen LogP contribution in [0, 0.1) is 6.92 Å². The molecule has 3 aromatic carbocycles. The Kier molecular flexibility index (Phi) is 8.82. The molecule has 0 radical (unpaired) electrons. The molecule has 0 spiro atoms. The fourth-order valence-electron chi connectivity index (χ4n) is 5.33. The van der Waals surface area contributed by atoms with Crippen LogP contribution in [0.1, 0.15) is 68.6 Å². The molecular formula is C34H37N3O4. The van der Waals surface area contributed by atoms with Crippen LogP contribution in [-0.4, -0.2) is 28.8 Å². The second-order valence-electron chi connectivity index (χ2n) is 10.6. The van der Waals surface area contributed by atoms with E-state index in [-0.39, 0.29) is 24.2 Å². The van der Waals surface area contributed by atoms with E-state index in [1.165, 1.54) is 0 Å². The molecule has 5 rings (SSSR count). The number of hydrogen-bond acceptors (Lipinski definition) is 5. The van der Waals surface area contributed by atoms with Gasteiger partial charge < -0.3 is 19.5 Å². The summed E-state index contributed by atoms with van der Waals surface area (Å²) in [5.41, 5.74) is 3.80. The van der Waals surface area contributed by atoms with E-state index in [4.69, 9.17) is 9.15 Å². The molecule has 1 amide bonds. The van der Waals surface area contributed by atoms with E-state index in [1.54, 1.807) is 13.3 Å². The average Bonchev–Trinajstić information content (AvgIpc) is 3.60. The Morgan fingerprint density at radius 2 is 1.85 bits per heavy atom. The minimum atomic E-state index is -0.376. The number of aryl methyl sites for hydroxylation is 1. The molecule has 2 aromatic heterocycles. The lowest BCUT2D eigenvalue weighted by molar-refractivity contribution is -0.121. The molecule has 0 aliphatic carbocycles. The number of fused-ring (bicyclic) bond motifs is 2. The van der Waals surface area contributed by atoms with Gasteiger partial charge in [-0.3, -0.25) is 9.59 Å². The van der Waals surface area contributed by atoms with E-state index in [9.17, 15) is 9.59 Å². The van der Waals surface area contributed by atoms with E-state index in [0.717, 1.165) is 63.5 Å². The topological polar surface area (TPSA) is 97.2 Å². The SMILES string of the molecule is CCC(=O)CCCCC[C@H](NC(=O)Cc1c(C)[nH]c2ccc(OC)cc12)c1ncc(-c2ccc3ccccc3c2)o1. The largest absolute Gasteiger partial charge is 0.497 e. The van der Waals surface area contributed by atoms with Gasteiger partial charge in [0.25, 0.3) is 0 Å². The van der Waals surface area contributed by atoms with E-state index >= 15 is 0 Å². The van der Waals surface area contributed by atoms with Gasteiger partial charge in [0.2, 0.25) is 11.8 Å². The number of unbranched alkanes of at least 4 members (excludes halogenated alkanes) is 2. The number of aromatic amines is 1. The highest BCUT2D eigenvalue weighted by atomic mass is 16.5. The van der Waals surface area contributed by atoms with Crippen LogP contribution < -0.4 is 10.1 Å². The predicted octanol–water partition coefficient (Wildman–Crippen LogP) is 7.62. The summed E-state index contributed by atoms with van der Waals surface area (Å²) in [5, 5.41) is 6.45. The number of Topliss-reactive ketones (excluding diaryl/α,β-unsaturated/α-hetero) is 1. The Bertz CT molecular complexity index is 1670. The molecule has 0 saturated heterocycles. The van der Waals surface area contributed by atoms with Crippen molar-refractivity contribution in [1.29, 1.82) is 0 Å². The Hall–Kier alpha value is -4.39. The van der Waals surface area contributed by atoms with Gasteiger partial charge in [-0.15, -0.1) is 0 Å². The first-order chi connectivity index (χ1) is 19.9. The monoisotopic (exact) mass is 551 g/mol. The zero-order chi connectivity index (χ0) is 28.8. The summed E-state index contributed by atoms with van der Waals surface area (Å²) in [4.78, 5) is 33.1. The summed E-state index contributed by atoms with van der Waals surface area (Å²) in [7, 11) is 1.64. The van der Waals surface area contributed by atoms with Crippen molar-refractivity contribution >= 4 is 33.4 Å². The average molecular weight is 552 g/mol. The quantitative estimate of drug-likeness (QED) is 0.147. The normalized spacial score (nSPS) is 12.1. The van der Waals surface area contributed by atoms with E-state index < -0.39 is 0 Å². The highest BCUT2D eigenvalue weighted by Crippen LogP contribution is 2.30. The molecule has 212 valence electrons. The van der Waals surface area contributed by atoms with Gasteiger partial charge in [0.15, 0.2) is 5.76 Å². The summed E-state index contributed by atoms with van der Waals surface area (Å²) in [6.45, 7) is 3.88. The van der Waals surface area contributed by atoms with Gasteiger partial charge in [0, 0.05) is 35.0 Å². The first-order valence-electron chi connectivity index (χ1n) is 14.4. The van der Waals surface area contributed by atoms with Crippen molar-refractivity contribution < 1.29 is 18.7 Å². The van der Waals surface area contributed by atoms with E-state index in [0.29, 0.717) is 30.9 Å². The van der Waals surface area contributed by atoms with Crippen molar-refractivity contribution in [2.75, 3.05) is 7.11 Å². The number of benzene rings is 3. The van der Waals surface area contributed by atoms with Gasteiger partial charge in [-0.2, -0.15) is 0 Å². The summed E-state index contributed by atoms with van der Waals surface area (Å²) in [6, 6.07) is 19.8. The molecule has 7 heteroatoms. The molecule has 0 fully saturated rings. The number of aromatic nitrogens is 2. The van der Waals surface area contributed by atoms with Crippen molar-refractivity contribution in [1.82, 2.24) is 15.3 Å². The number of ether oxygens (including phenoxy) is 1. The molecule has 0 saturated carbocycles. The maximum atomic E-state index is 13.4. The predicted molar refractivity (Wildman–Crippen MR) is 162 cm³/mol. The van der Waals surface area contributed by atoms with Crippen LogP contribution in [0.4, 0.5) is 0 Å². The van der Waals surface area contributed by atoms with Crippen LogP contribution >= 0.6 is 0 Å². The third-order valence-corrected chi connectivity index (χ3v) is 7.70. The molecule has 0 unspecified atom stereocenters. The van der Waals surface area contributed by atoms with Crippen LogP contribution in [0.15, 0.2) is 71.3 Å². The lowest BCUT2D eigenvalue weighted by Gasteiger charge is -2.16. The molecule has 5 aromatic rings. The minimum absolute atomic E-state index is 0.103. The van der Waals surface area contributed by atoms with Gasteiger partial charge >= 0.3 is 0 Å².